The molecule has 0 aliphatic heterocycles. The third-order valence-corrected chi connectivity index (χ3v) is 4.15. The molecule has 0 heterocycles. The quantitative estimate of drug-likeness (QED) is 0.673. The zero-order valence-electron chi connectivity index (χ0n) is 8.08. The minimum atomic E-state index is -0.00362. The van der Waals surface area contributed by atoms with E-state index in [1.807, 2.05) is 0 Å². The first-order chi connectivity index (χ1) is 6.33. The summed E-state index contributed by atoms with van der Waals surface area (Å²) in [7, 11) is 0. The maximum atomic E-state index is 9.18. The molecule has 3 rings (SSSR count). The number of nitrogens with one attached hydrogen (secondary N) is 1. The van der Waals surface area contributed by atoms with Gasteiger partial charge in [-0.15, -0.1) is 0 Å². The van der Waals surface area contributed by atoms with Gasteiger partial charge in [0, 0.05) is 12.1 Å². The Labute approximate surface area is 79.7 Å². The van der Waals surface area contributed by atoms with Crippen molar-refractivity contribution in [1.29, 1.82) is 0 Å². The summed E-state index contributed by atoms with van der Waals surface area (Å²) in [5.74, 6) is 2.07. The highest BCUT2D eigenvalue weighted by molar-refractivity contribution is 5.00. The van der Waals surface area contributed by atoms with E-state index in [-0.39, 0.29) is 6.10 Å². The van der Waals surface area contributed by atoms with Crippen LogP contribution in [0.3, 0.4) is 0 Å². The lowest BCUT2D eigenvalue weighted by molar-refractivity contribution is 0.0543. The normalized spacial score (nSPS) is 53.8. The Morgan fingerprint density at radius 3 is 2.69 bits per heavy atom. The Balaban J connectivity index is 1.49. The Morgan fingerprint density at radius 2 is 1.92 bits per heavy atom. The van der Waals surface area contributed by atoms with E-state index in [0.717, 1.165) is 30.7 Å². The summed E-state index contributed by atoms with van der Waals surface area (Å²) >= 11 is 0. The summed E-state index contributed by atoms with van der Waals surface area (Å²) in [6.45, 7) is 0. The third-order valence-electron chi connectivity index (χ3n) is 4.15. The number of fused-ring (bicyclic) bond motifs is 1. The first-order valence-electron chi connectivity index (χ1n) is 5.77. The zero-order chi connectivity index (χ0) is 8.84. The summed E-state index contributed by atoms with van der Waals surface area (Å²) in [4.78, 5) is 0. The lowest BCUT2D eigenvalue weighted by Crippen LogP contribution is -2.49. The lowest BCUT2D eigenvalue weighted by atomic mass is 9.86. The molecule has 13 heavy (non-hydrogen) atoms. The van der Waals surface area contributed by atoms with Crippen molar-refractivity contribution in [2.45, 2.75) is 56.7 Å². The van der Waals surface area contributed by atoms with Gasteiger partial charge in [0.2, 0.25) is 0 Å². The molecule has 0 radical (unpaired) electrons. The van der Waals surface area contributed by atoms with E-state index < -0.39 is 0 Å². The van der Waals surface area contributed by atoms with Gasteiger partial charge in [0.15, 0.2) is 0 Å². The standard InChI is InChI=1S/C11H19NO/c13-9-5-8(6-9)12-11-3-1-2-7-4-10(7)11/h7-13H,1-6H2/t7-,8?,9?,10+,11?/m1/s1. The van der Waals surface area contributed by atoms with Crippen LogP contribution in [0.4, 0.5) is 0 Å². The number of aliphatic hydroxyl groups excluding tert-OH is 1. The summed E-state index contributed by atoms with van der Waals surface area (Å²) in [6.07, 6.45) is 7.75. The minimum absolute atomic E-state index is 0.00362. The van der Waals surface area contributed by atoms with Gasteiger partial charge in [0.25, 0.3) is 0 Å². The maximum absolute atomic E-state index is 9.18. The molecule has 0 spiro atoms. The molecule has 3 fully saturated rings. The largest absolute Gasteiger partial charge is 0.393 e. The van der Waals surface area contributed by atoms with Crippen molar-refractivity contribution in [1.82, 2.24) is 5.32 Å². The van der Waals surface area contributed by atoms with Gasteiger partial charge in [-0.3, -0.25) is 0 Å². The Hall–Kier alpha value is -0.0800. The highest BCUT2D eigenvalue weighted by atomic mass is 16.3. The molecule has 0 aromatic heterocycles. The first-order valence-corrected chi connectivity index (χ1v) is 5.77. The molecule has 3 aliphatic rings. The molecule has 3 aliphatic carbocycles. The van der Waals surface area contributed by atoms with Crippen molar-refractivity contribution < 1.29 is 5.11 Å². The maximum Gasteiger partial charge on any atom is 0.0570 e. The van der Waals surface area contributed by atoms with Gasteiger partial charge in [-0.05, 0) is 37.5 Å². The molecule has 0 aromatic rings. The second kappa shape index (κ2) is 2.96. The zero-order valence-corrected chi connectivity index (χ0v) is 8.08. The van der Waals surface area contributed by atoms with Crippen LogP contribution in [-0.4, -0.2) is 23.3 Å². The fourth-order valence-electron chi connectivity index (χ4n) is 3.14. The van der Waals surface area contributed by atoms with Crippen LogP contribution in [0.15, 0.2) is 0 Å². The molecule has 3 atom stereocenters. The first kappa shape index (κ1) is 8.25. The van der Waals surface area contributed by atoms with E-state index in [9.17, 15) is 5.11 Å². The third kappa shape index (κ3) is 1.50. The number of hydrogen-bond acceptors (Lipinski definition) is 2. The highest BCUT2D eigenvalue weighted by Gasteiger charge is 2.46. The van der Waals surface area contributed by atoms with Crippen molar-refractivity contribution >= 4 is 0 Å². The van der Waals surface area contributed by atoms with Gasteiger partial charge in [0.1, 0.15) is 0 Å². The summed E-state index contributed by atoms with van der Waals surface area (Å²) in [5, 5.41) is 12.9. The minimum Gasteiger partial charge on any atom is -0.393 e. The molecule has 0 amide bonds. The summed E-state index contributed by atoms with van der Waals surface area (Å²) in [6, 6.07) is 1.44. The van der Waals surface area contributed by atoms with Crippen molar-refractivity contribution in [3.63, 3.8) is 0 Å². The Morgan fingerprint density at radius 1 is 1.08 bits per heavy atom. The SMILES string of the molecule is OC1CC(NC2CCC[C@@H]3C[C@H]23)C1. The van der Waals surface area contributed by atoms with Gasteiger partial charge in [-0.25, -0.2) is 0 Å². The van der Waals surface area contributed by atoms with Crippen LogP contribution in [0.25, 0.3) is 0 Å². The van der Waals surface area contributed by atoms with E-state index in [2.05, 4.69) is 5.32 Å². The average Bonchev–Trinajstić information content (AvgIpc) is 2.81. The topological polar surface area (TPSA) is 32.3 Å². The highest BCUT2D eigenvalue weighted by Crippen LogP contribution is 2.49. The molecular formula is C11H19NO. The van der Waals surface area contributed by atoms with E-state index >= 15 is 0 Å². The molecule has 0 bridgehead atoms. The molecule has 2 heteroatoms. The number of aliphatic hydroxyl groups is 1. The molecule has 1 unspecified atom stereocenters. The molecule has 0 saturated heterocycles. The monoisotopic (exact) mass is 181 g/mol. The van der Waals surface area contributed by atoms with E-state index in [1.54, 1.807) is 0 Å². The predicted molar refractivity (Wildman–Crippen MR) is 51.4 cm³/mol. The smallest absolute Gasteiger partial charge is 0.0570 e. The fraction of sp³-hybridized carbons (Fsp3) is 1.00. The molecule has 2 N–H and O–H groups in total. The number of hydrogen-bond donors (Lipinski definition) is 2. The van der Waals surface area contributed by atoms with Gasteiger partial charge in [0.05, 0.1) is 6.10 Å². The Kier molecular flexibility index (Phi) is 1.88. The summed E-state index contributed by atoms with van der Waals surface area (Å²) < 4.78 is 0. The van der Waals surface area contributed by atoms with Crippen LogP contribution in [0.2, 0.25) is 0 Å². The predicted octanol–water partition coefficient (Wildman–Crippen LogP) is 1.29. The molecule has 74 valence electrons. The van der Waals surface area contributed by atoms with Crippen molar-refractivity contribution in [2.24, 2.45) is 11.8 Å². The van der Waals surface area contributed by atoms with E-state index in [4.69, 9.17) is 0 Å². The second-order valence-electron chi connectivity index (χ2n) is 5.19. The Bertz CT molecular complexity index is 200. The summed E-state index contributed by atoms with van der Waals surface area (Å²) in [5.41, 5.74) is 0. The average molecular weight is 181 g/mol. The molecular weight excluding hydrogens is 162 g/mol. The van der Waals surface area contributed by atoms with E-state index in [1.165, 1.54) is 25.7 Å². The van der Waals surface area contributed by atoms with Crippen LogP contribution < -0.4 is 5.32 Å². The van der Waals surface area contributed by atoms with Gasteiger partial charge in [-0.2, -0.15) is 0 Å². The second-order valence-corrected chi connectivity index (χ2v) is 5.19. The fourth-order valence-corrected chi connectivity index (χ4v) is 3.14. The van der Waals surface area contributed by atoms with Crippen LogP contribution in [0.5, 0.6) is 0 Å². The van der Waals surface area contributed by atoms with Crippen LogP contribution in [0, 0.1) is 11.8 Å². The number of rotatable bonds is 2. The van der Waals surface area contributed by atoms with Crippen molar-refractivity contribution in [3.05, 3.63) is 0 Å². The van der Waals surface area contributed by atoms with Gasteiger partial charge in [-0.1, -0.05) is 12.8 Å². The van der Waals surface area contributed by atoms with Crippen molar-refractivity contribution in [3.8, 4) is 0 Å². The van der Waals surface area contributed by atoms with Crippen LogP contribution in [0.1, 0.15) is 38.5 Å². The lowest BCUT2D eigenvalue weighted by Gasteiger charge is -2.36. The van der Waals surface area contributed by atoms with Crippen LogP contribution >= 0.6 is 0 Å². The van der Waals surface area contributed by atoms with Crippen molar-refractivity contribution in [2.75, 3.05) is 0 Å². The van der Waals surface area contributed by atoms with Gasteiger partial charge < -0.3 is 10.4 Å². The molecule has 3 saturated carbocycles. The van der Waals surface area contributed by atoms with Gasteiger partial charge >= 0.3 is 0 Å². The van der Waals surface area contributed by atoms with Crippen LogP contribution in [-0.2, 0) is 0 Å². The molecule has 0 aromatic carbocycles. The molecule has 2 nitrogen and oxygen atoms in total. The van der Waals surface area contributed by atoms with E-state index in [0.29, 0.717) is 6.04 Å².